The van der Waals surface area contributed by atoms with Crippen LogP contribution < -0.4 is 10.6 Å². The van der Waals surface area contributed by atoms with Crippen molar-refractivity contribution in [3.63, 3.8) is 0 Å². The highest BCUT2D eigenvalue weighted by Crippen LogP contribution is 2.35. The number of rotatable bonds is 7. The molecular weight excluding hydrogens is 438 g/mol. The molecule has 0 bridgehead atoms. The first-order chi connectivity index (χ1) is 16.4. The second-order valence-electron chi connectivity index (χ2n) is 7.48. The van der Waals surface area contributed by atoms with Crippen LogP contribution in [-0.4, -0.2) is 33.3 Å². The summed E-state index contributed by atoms with van der Waals surface area (Å²) in [6.45, 7) is 5.15. The highest BCUT2D eigenvalue weighted by atomic mass is 16.6. The minimum Gasteiger partial charge on any atom is -0.458 e. The predicted octanol–water partition coefficient (Wildman–Crippen LogP) is 3.80. The maximum Gasteiger partial charge on any atom is 0.338 e. The van der Waals surface area contributed by atoms with Gasteiger partial charge in [0.1, 0.15) is 6.61 Å². The SMILES string of the molecule is C=CCOC(=O)C1=C(C)NC(=O)NC1c1cn(-c2ccccc2)nc1-c1cccc([N+](=O)[O-])c1. The van der Waals surface area contributed by atoms with Gasteiger partial charge >= 0.3 is 12.0 Å². The van der Waals surface area contributed by atoms with Gasteiger partial charge in [0.15, 0.2) is 0 Å². The first-order valence-corrected chi connectivity index (χ1v) is 10.3. The van der Waals surface area contributed by atoms with Gasteiger partial charge in [0.25, 0.3) is 5.69 Å². The zero-order valence-electron chi connectivity index (χ0n) is 18.2. The van der Waals surface area contributed by atoms with E-state index in [1.54, 1.807) is 29.9 Å². The largest absolute Gasteiger partial charge is 0.458 e. The minimum atomic E-state index is -0.905. The predicted molar refractivity (Wildman–Crippen MR) is 124 cm³/mol. The number of hydrogen-bond acceptors (Lipinski definition) is 6. The third-order valence-corrected chi connectivity index (χ3v) is 5.23. The van der Waals surface area contributed by atoms with Crippen LogP contribution in [0.15, 0.2) is 84.7 Å². The maximum absolute atomic E-state index is 12.9. The van der Waals surface area contributed by atoms with E-state index in [0.717, 1.165) is 5.69 Å². The third-order valence-electron chi connectivity index (χ3n) is 5.23. The van der Waals surface area contributed by atoms with Gasteiger partial charge in [0.2, 0.25) is 0 Å². The van der Waals surface area contributed by atoms with Crippen LogP contribution in [0.1, 0.15) is 18.5 Å². The number of ether oxygens (including phenoxy) is 1. The van der Waals surface area contributed by atoms with Crippen molar-refractivity contribution in [2.75, 3.05) is 6.61 Å². The molecule has 172 valence electrons. The van der Waals surface area contributed by atoms with Gasteiger partial charge in [-0.15, -0.1) is 0 Å². The van der Waals surface area contributed by atoms with Crippen molar-refractivity contribution in [2.45, 2.75) is 13.0 Å². The number of nitro groups is 1. The van der Waals surface area contributed by atoms with E-state index in [9.17, 15) is 19.7 Å². The quantitative estimate of drug-likeness (QED) is 0.239. The van der Waals surface area contributed by atoms with Crippen LogP contribution in [0.25, 0.3) is 16.9 Å². The number of hydrogen-bond donors (Lipinski definition) is 2. The maximum atomic E-state index is 12.9. The molecule has 0 radical (unpaired) electrons. The second-order valence-corrected chi connectivity index (χ2v) is 7.48. The Hall–Kier alpha value is -4.73. The van der Waals surface area contributed by atoms with E-state index in [1.165, 1.54) is 18.2 Å². The third kappa shape index (κ3) is 4.42. The molecule has 1 atom stereocenters. The number of nitrogens with one attached hydrogen (secondary N) is 2. The van der Waals surface area contributed by atoms with Crippen molar-refractivity contribution < 1.29 is 19.2 Å². The monoisotopic (exact) mass is 459 g/mol. The van der Waals surface area contributed by atoms with E-state index in [-0.39, 0.29) is 17.9 Å². The fraction of sp³-hybridized carbons (Fsp3) is 0.125. The number of urea groups is 1. The number of non-ortho nitro benzene ring substituents is 1. The fourth-order valence-electron chi connectivity index (χ4n) is 3.71. The van der Waals surface area contributed by atoms with Crippen LogP contribution in [0.2, 0.25) is 0 Å². The van der Waals surface area contributed by atoms with Gasteiger partial charge in [0, 0.05) is 35.2 Å². The lowest BCUT2D eigenvalue weighted by atomic mass is 9.93. The molecule has 10 nitrogen and oxygen atoms in total. The molecule has 0 saturated carbocycles. The fourth-order valence-corrected chi connectivity index (χ4v) is 3.71. The summed E-state index contributed by atoms with van der Waals surface area (Å²) < 4.78 is 6.85. The average Bonchev–Trinajstić information content (AvgIpc) is 3.28. The van der Waals surface area contributed by atoms with E-state index in [2.05, 4.69) is 22.3 Å². The molecule has 10 heteroatoms. The number of benzene rings is 2. The molecule has 2 heterocycles. The number of aromatic nitrogens is 2. The van der Waals surface area contributed by atoms with Crippen LogP contribution in [0, 0.1) is 10.1 Å². The van der Waals surface area contributed by atoms with Crippen molar-refractivity contribution in [3.05, 3.63) is 100 Å². The van der Waals surface area contributed by atoms with Gasteiger partial charge in [0.05, 0.1) is 27.9 Å². The van der Waals surface area contributed by atoms with Gasteiger partial charge in [-0.2, -0.15) is 5.10 Å². The van der Waals surface area contributed by atoms with Crippen LogP contribution >= 0.6 is 0 Å². The highest BCUT2D eigenvalue weighted by Gasteiger charge is 2.35. The Bertz CT molecular complexity index is 1310. The van der Waals surface area contributed by atoms with Gasteiger partial charge in [-0.05, 0) is 19.1 Å². The van der Waals surface area contributed by atoms with E-state index in [0.29, 0.717) is 22.5 Å². The lowest BCUT2D eigenvalue weighted by Crippen LogP contribution is -2.45. The molecule has 3 aromatic rings. The van der Waals surface area contributed by atoms with E-state index < -0.39 is 23.0 Å². The zero-order chi connectivity index (χ0) is 24.2. The number of nitrogens with zero attached hydrogens (tertiary/aromatic N) is 3. The summed E-state index contributed by atoms with van der Waals surface area (Å²) in [5.41, 5.74) is 2.47. The number of nitro benzene ring substituents is 1. The standard InChI is InChI=1S/C24H21N5O5/c1-3-12-34-23(30)20-15(2)25-24(31)26-22(20)19-14-28(17-9-5-4-6-10-17)27-21(19)16-8-7-11-18(13-16)29(32)33/h3-11,13-14,22H,1,12H2,2H3,(H2,25,26,31). The lowest BCUT2D eigenvalue weighted by Gasteiger charge is -2.27. The average molecular weight is 459 g/mol. The normalized spacial score (nSPS) is 15.3. The van der Waals surface area contributed by atoms with Crippen molar-refractivity contribution in [1.29, 1.82) is 0 Å². The number of carbonyl (C=O) groups excluding carboxylic acids is 2. The van der Waals surface area contributed by atoms with Gasteiger partial charge in [-0.25, -0.2) is 14.3 Å². The van der Waals surface area contributed by atoms with E-state index >= 15 is 0 Å². The number of esters is 1. The van der Waals surface area contributed by atoms with E-state index in [4.69, 9.17) is 4.74 Å². The molecule has 2 aromatic carbocycles. The summed E-state index contributed by atoms with van der Waals surface area (Å²) in [5, 5.41) is 21.4. The Labute approximate surface area is 194 Å². The first kappa shape index (κ1) is 22.5. The Morgan fingerprint density at radius 2 is 2.03 bits per heavy atom. The Kier molecular flexibility index (Phi) is 6.22. The number of carbonyl (C=O) groups is 2. The Morgan fingerprint density at radius 3 is 2.74 bits per heavy atom. The van der Waals surface area contributed by atoms with Gasteiger partial charge < -0.3 is 15.4 Å². The molecule has 2 amide bonds. The Morgan fingerprint density at radius 1 is 1.26 bits per heavy atom. The van der Waals surface area contributed by atoms with Crippen LogP contribution in [0.4, 0.5) is 10.5 Å². The molecule has 0 saturated heterocycles. The summed E-state index contributed by atoms with van der Waals surface area (Å²) >= 11 is 0. The summed E-state index contributed by atoms with van der Waals surface area (Å²) in [6.07, 6.45) is 3.13. The molecule has 0 aliphatic carbocycles. The number of allylic oxidation sites excluding steroid dienone is 1. The minimum absolute atomic E-state index is 0.00268. The zero-order valence-corrected chi connectivity index (χ0v) is 18.2. The van der Waals surface area contributed by atoms with Crippen LogP contribution in [0.3, 0.4) is 0 Å². The molecular formula is C24H21N5O5. The molecule has 1 unspecified atom stereocenters. The van der Waals surface area contributed by atoms with Crippen LogP contribution in [-0.2, 0) is 9.53 Å². The van der Waals surface area contributed by atoms with Crippen LogP contribution in [0.5, 0.6) is 0 Å². The van der Waals surface area contributed by atoms with Gasteiger partial charge in [-0.3, -0.25) is 10.1 Å². The summed E-state index contributed by atoms with van der Waals surface area (Å²) in [7, 11) is 0. The van der Waals surface area contributed by atoms with Crippen molar-refractivity contribution in [1.82, 2.24) is 20.4 Å². The topological polar surface area (TPSA) is 128 Å². The molecule has 1 aromatic heterocycles. The number of amides is 2. The smallest absolute Gasteiger partial charge is 0.338 e. The van der Waals surface area contributed by atoms with Crippen molar-refractivity contribution >= 4 is 17.7 Å². The Balaban J connectivity index is 1.91. The molecule has 0 fully saturated rings. The summed E-state index contributed by atoms with van der Waals surface area (Å²) in [5.74, 6) is -0.632. The second kappa shape index (κ2) is 9.41. The van der Waals surface area contributed by atoms with E-state index in [1.807, 2.05) is 30.3 Å². The van der Waals surface area contributed by atoms with Gasteiger partial charge in [-0.1, -0.05) is 43.0 Å². The molecule has 34 heavy (non-hydrogen) atoms. The molecule has 1 aliphatic rings. The molecule has 0 spiro atoms. The number of para-hydroxylation sites is 1. The molecule has 4 rings (SSSR count). The van der Waals surface area contributed by atoms with Crippen molar-refractivity contribution in [3.8, 4) is 16.9 Å². The van der Waals surface area contributed by atoms with Crippen molar-refractivity contribution in [2.24, 2.45) is 0 Å². The first-order valence-electron chi connectivity index (χ1n) is 10.3. The molecule has 2 N–H and O–H groups in total. The highest BCUT2D eigenvalue weighted by molar-refractivity contribution is 5.95. The summed E-state index contributed by atoms with van der Waals surface area (Å²) in [6, 6.07) is 13.9. The molecule has 1 aliphatic heterocycles. The summed E-state index contributed by atoms with van der Waals surface area (Å²) in [4.78, 5) is 36.1. The lowest BCUT2D eigenvalue weighted by molar-refractivity contribution is -0.384.